The first-order valence-electron chi connectivity index (χ1n) is 12.2. The van der Waals surface area contributed by atoms with E-state index in [-0.39, 0.29) is 16.5 Å². The molecule has 3 aliphatic heterocycles. The van der Waals surface area contributed by atoms with Crippen molar-refractivity contribution in [2.24, 2.45) is 0 Å². The number of piperidine rings is 1. The molecule has 2 saturated heterocycles. The number of benzene rings is 2. The average molecular weight is 436 g/mol. The summed E-state index contributed by atoms with van der Waals surface area (Å²) in [4.78, 5) is 15.9. The van der Waals surface area contributed by atoms with Crippen molar-refractivity contribution in [3.8, 4) is 5.75 Å². The highest BCUT2D eigenvalue weighted by Crippen LogP contribution is 2.45. The summed E-state index contributed by atoms with van der Waals surface area (Å²) < 4.78 is 6.17. The molecule has 2 fully saturated rings. The lowest BCUT2D eigenvalue weighted by atomic mass is 9.81. The van der Waals surface area contributed by atoms with Gasteiger partial charge in [-0.3, -0.25) is 15.0 Å². The van der Waals surface area contributed by atoms with E-state index in [9.17, 15) is 10.1 Å². The molecule has 3 heterocycles. The van der Waals surface area contributed by atoms with Gasteiger partial charge in [-0.25, -0.2) is 0 Å². The van der Waals surface area contributed by atoms with Crippen LogP contribution in [0.25, 0.3) is 0 Å². The first kappa shape index (κ1) is 21.4. The third-order valence-corrected chi connectivity index (χ3v) is 7.42. The molecule has 32 heavy (non-hydrogen) atoms. The number of nitro benzene ring substituents is 1. The maximum absolute atomic E-state index is 11.1. The molecule has 6 heteroatoms. The van der Waals surface area contributed by atoms with Crippen LogP contribution < -0.4 is 4.74 Å². The lowest BCUT2D eigenvalue weighted by Gasteiger charge is -2.37. The third-order valence-electron chi connectivity index (χ3n) is 7.42. The molecule has 2 aromatic carbocycles. The number of non-ortho nitro benzene ring substituents is 1. The van der Waals surface area contributed by atoms with E-state index in [0.29, 0.717) is 6.04 Å². The van der Waals surface area contributed by atoms with Crippen LogP contribution in [0.3, 0.4) is 0 Å². The number of fused-ring (bicyclic) bond motifs is 3. The summed E-state index contributed by atoms with van der Waals surface area (Å²) >= 11 is 0. The van der Waals surface area contributed by atoms with Crippen LogP contribution in [0.15, 0.2) is 42.5 Å². The smallest absolute Gasteiger partial charge is 0.269 e. The molecule has 0 aromatic heterocycles. The molecule has 0 saturated carbocycles. The van der Waals surface area contributed by atoms with Crippen molar-refractivity contribution in [2.75, 3.05) is 39.3 Å². The number of likely N-dealkylation sites (tertiary alicyclic amines) is 1. The monoisotopic (exact) mass is 435 g/mol. The summed E-state index contributed by atoms with van der Waals surface area (Å²) in [5.41, 5.74) is 4.03. The van der Waals surface area contributed by atoms with Crippen molar-refractivity contribution < 1.29 is 9.66 Å². The maximum Gasteiger partial charge on any atom is 0.269 e. The van der Waals surface area contributed by atoms with Gasteiger partial charge in [0.15, 0.2) is 0 Å². The number of hydrogen-bond donors (Lipinski definition) is 0. The summed E-state index contributed by atoms with van der Waals surface area (Å²) in [7, 11) is 0. The summed E-state index contributed by atoms with van der Waals surface area (Å²) in [5.74, 6) is 1.21. The SMILES string of the molecule is O=[N+]([O-])c1ccc(C2CN3CCCC3c3cc(OCCCN4CCCCC4)ccc32)cc1. The molecule has 5 rings (SSSR count). The Kier molecular flexibility index (Phi) is 6.42. The summed E-state index contributed by atoms with van der Waals surface area (Å²) in [6.07, 6.45) is 7.52. The number of hydrogen-bond acceptors (Lipinski definition) is 5. The zero-order chi connectivity index (χ0) is 21.9. The van der Waals surface area contributed by atoms with Gasteiger partial charge < -0.3 is 9.64 Å². The van der Waals surface area contributed by atoms with Crippen molar-refractivity contribution >= 4 is 5.69 Å². The quantitative estimate of drug-likeness (QED) is 0.343. The third kappa shape index (κ3) is 4.52. The van der Waals surface area contributed by atoms with Gasteiger partial charge in [0, 0.05) is 37.2 Å². The molecule has 2 unspecified atom stereocenters. The van der Waals surface area contributed by atoms with Crippen molar-refractivity contribution in [1.82, 2.24) is 9.80 Å². The zero-order valence-electron chi connectivity index (χ0n) is 18.7. The fraction of sp³-hybridized carbons (Fsp3) is 0.538. The van der Waals surface area contributed by atoms with E-state index in [4.69, 9.17) is 4.74 Å². The van der Waals surface area contributed by atoms with Crippen molar-refractivity contribution in [2.45, 2.75) is 50.5 Å². The number of nitro groups is 1. The predicted molar refractivity (Wildman–Crippen MR) is 125 cm³/mol. The Hall–Kier alpha value is -2.44. The lowest BCUT2D eigenvalue weighted by molar-refractivity contribution is -0.384. The molecule has 0 amide bonds. The lowest BCUT2D eigenvalue weighted by Crippen LogP contribution is -2.34. The Morgan fingerprint density at radius 2 is 1.78 bits per heavy atom. The molecule has 2 aromatic rings. The highest BCUT2D eigenvalue weighted by molar-refractivity contribution is 5.47. The fourth-order valence-corrected chi connectivity index (χ4v) is 5.75. The van der Waals surface area contributed by atoms with Crippen LogP contribution in [0.5, 0.6) is 5.75 Å². The van der Waals surface area contributed by atoms with E-state index in [1.54, 1.807) is 12.1 Å². The minimum absolute atomic E-state index is 0.150. The Morgan fingerprint density at radius 3 is 2.56 bits per heavy atom. The minimum atomic E-state index is -0.329. The van der Waals surface area contributed by atoms with Crippen molar-refractivity contribution in [3.05, 3.63) is 69.3 Å². The van der Waals surface area contributed by atoms with Crippen molar-refractivity contribution in [1.29, 1.82) is 0 Å². The summed E-state index contributed by atoms with van der Waals surface area (Å²) in [5, 5.41) is 11.1. The van der Waals surface area contributed by atoms with E-state index < -0.39 is 0 Å². The molecule has 0 aliphatic carbocycles. The Balaban J connectivity index is 1.30. The van der Waals surface area contributed by atoms with Gasteiger partial charge in [-0.05, 0) is 80.6 Å². The van der Waals surface area contributed by atoms with Crippen LogP contribution in [0.4, 0.5) is 5.69 Å². The van der Waals surface area contributed by atoms with Crippen LogP contribution >= 0.6 is 0 Å². The van der Waals surface area contributed by atoms with E-state index in [0.717, 1.165) is 44.0 Å². The van der Waals surface area contributed by atoms with E-state index >= 15 is 0 Å². The predicted octanol–water partition coefficient (Wildman–Crippen LogP) is 5.13. The Labute approximate surface area is 190 Å². The molecule has 0 N–H and O–H groups in total. The molecule has 0 bridgehead atoms. The normalized spacial score (nSPS) is 23.5. The van der Waals surface area contributed by atoms with Gasteiger partial charge >= 0.3 is 0 Å². The van der Waals surface area contributed by atoms with E-state index in [1.807, 2.05) is 12.1 Å². The summed E-state index contributed by atoms with van der Waals surface area (Å²) in [6.45, 7) is 6.46. The first-order chi connectivity index (χ1) is 15.7. The molecule has 170 valence electrons. The standard InChI is InChI=1S/C26H33N3O3/c30-29(31)21-9-7-20(8-10-21)25-19-28-16-4-6-26(28)24-18-22(11-12-23(24)25)32-17-5-15-27-13-2-1-3-14-27/h7-12,18,25-26H,1-6,13-17,19H2. The van der Waals surface area contributed by atoms with Gasteiger partial charge in [0.2, 0.25) is 0 Å². The van der Waals surface area contributed by atoms with Crippen LogP contribution in [0.1, 0.15) is 67.2 Å². The van der Waals surface area contributed by atoms with Gasteiger partial charge in [-0.2, -0.15) is 0 Å². The minimum Gasteiger partial charge on any atom is -0.494 e. The molecule has 0 spiro atoms. The van der Waals surface area contributed by atoms with Gasteiger partial charge in [0.05, 0.1) is 11.5 Å². The molecule has 3 aliphatic rings. The molecular formula is C26H33N3O3. The molecule has 6 nitrogen and oxygen atoms in total. The van der Waals surface area contributed by atoms with Gasteiger partial charge in [0.1, 0.15) is 5.75 Å². The van der Waals surface area contributed by atoms with E-state index in [1.165, 1.54) is 56.3 Å². The summed E-state index contributed by atoms with van der Waals surface area (Å²) in [6, 6.07) is 14.2. The fourth-order valence-electron chi connectivity index (χ4n) is 5.75. The number of nitrogens with zero attached hydrogens (tertiary/aromatic N) is 3. The van der Waals surface area contributed by atoms with Crippen LogP contribution in [-0.4, -0.2) is 54.1 Å². The highest BCUT2D eigenvalue weighted by Gasteiger charge is 2.36. The second-order valence-corrected chi connectivity index (χ2v) is 9.45. The van der Waals surface area contributed by atoms with E-state index in [2.05, 4.69) is 28.0 Å². The number of rotatable bonds is 7. The Morgan fingerprint density at radius 1 is 0.969 bits per heavy atom. The van der Waals surface area contributed by atoms with Gasteiger partial charge in [-0.1, -0.05) is 24.6 Å². The maximum atomic E-state index is 11.1. The zero-order valence-corrected chi connectivity index (χ0v) is 18.7. The Bertz CT molecular complexity index is 940. The largest absolute Gasteiger partial charge is 0.494 e. The average Bonchev–Trinajstić information content (AvgIpc) is 3.31. The van der Waals surface area contributed by atoms with Gasteiger partial charge in [0.25, 0.3) is 5.69 Å². The molecule has 0 radical (unpaired) electrons. The molecule has 2 atom stereocenters. The van der Waals surface area contributed by atoms with Crippen LogP contribution in [0.2, 0.25) is 0 Å². The molecular weight excluding hydrogens is 402 g/mol. The number of ether oxygens (including phenoxy) is 1. The van der Waals surface area contributed by atoms with Gasteiger partial charge in [-0.15, -0.1) is 0 Å². The van der Waals surface area contributed by atoms with Crippen LogP contribution in [0, 0.1) is 10.1 Å². The highest BCUT2D eigenvalue weighted by atomic mass is 16.6. The second kappa shape index (κ2) is 9.59. The van der Waals surface area contributed by atoms with Crippen LogP contribution in [-0.2, 0) is 0 Å². The second-order valence-electron chi connectivity index (χ2n) is 9.45. The topological polar surface area (TPSA) is 58.9 Å². The van der Waals surface area contributed by atoms with Crippen molar-refractivity contribution in [3.63, 3.8) is 0 Å². The first-order valence-corrected chi connectivity index (χ1v) is 12.2.